The third kappa shape index (κ3) is 2.63. The SMILES string of the molecule is N#Cc1ccc(Br)cc1OCc1cccs1. The van der Waals surface area contributed by atoms with Crippen LogP contribution < -0.4 is 4.74 Å². The predicted octanol–water partition coefficient (Wildman–Crippen LogP) is 3.96. The molecule has 0 amide bonds. The third-order valence-corrected chi connectivity index (χ3v) is 3.36. The summed E-state index contributed by atoms with van der Waals surface area (Å²) < 4.78 is 6.52. The highest BCUT2D eigenvalue weighted by atomic mass is 79.9. The number of benzene rings is 1. The molecule has 0 atom stereocenters. The Morgan fingerprint density at radius 2 is 2.25 bits per heavy atom. The smallest absolute Gasteiger partial charge is 0.138 e. The van der Waals surface area contributed by atoms with Crippen molar-refractivity contribution in [3.8, 4) is 11.8 Å². The predicted molar refractivity (Wildman–Crippen MR) is 67.5 cm³/mol. The maximum Gasteiger partial charge on any atom is 0.138 e. The molecule has 0 fully saturated rings. The van der Waals surface area contributed by atoms with Crippen molar-refractivity contribution in [3.05, 3.63) is 50.6 Å². The van der Waals surface area contributed by atoms with Crippen LogP contribution in [0.15, 0.2) is 40.2 Å². The lowest BCUT2D eigenvalue weighted by atomic mass is 10.2. The molecule has 0 aliphatic carbocycles. The molecular weight excluding hydrogens is 286 g/mol. The molecular formula is C12H8BrNOS. The summed E-state index contributed by atoms with van der Waals surface area (Å²) in [4.78, 5) is 1.14. The van der Waals surface area contributed by atoms with Crippen molar-refractivity contribution in [3.63, 3.8) is 0 Å². The Hall–Kier alpha value is -1.31. The molecule has 2 nitrogen and oxygen atoms in total. The zero-order valence-corrected chi connectivity index (χ0v) is 10.7. The van der Waals surface area contributed by atoms with Gasteiger partial charge in [-0.05, 0) is 29.6 Å². The topological polar surface area (TPSA) is 33.0 Å². The van der Waals surface area contributed by atoms with E-state index < -0.39 is 0 Å². The molecule has 1 aromatic heterocycles. The lowest BCUT2D eigenvalue weighted by Crippen LogP contribution is -1.95. The standard InChI is InChI=1S/C12H8BrNOS/c13-10-4-3-9(7-14)12(6-10)15-8-11-2-1-5-16-11/h1-6H,8H2. The summed E-state index contributed by atoms with van der Waals surface area (Å²) in [7, 11) is 0. The van der Waals surface area contributed by atoms with Gasteiger partial charge in [0, 0.05) is 9.35 Å². The van der Waals surface area contributed by atoms with E-state index in [1.165, 1.54) is 0 Å². The van der Waals surface area contributed by atoms with Crippen molar-refractivity contribution in [2.45, 2.75) is 6.61 Å². The van der Waals surface area contributed by atoms with E-state index in [1.807, 2.05) is 29.6 Å². The van der Waals surface area contributed by atoms with Gasteiger partial charge in [-0.1, -0.05) is 22.0 Å². The molecule has 80 valence electrons. The maximum atomic E-state index is 8.92. The highest BCUT2D eigenvalue weighted by Gasteiger charge is 2.04. The van der Waals surface area contributed by atoms with Crippen LogP contribution in [-0.4, -0.2) is 0 Å². The summed E-state index contributed by atoms with van der Waals surface area (Å²) in [6.45, 7) is 0.503. The molecule has 0 N–H and O–H groups in total. The van der Waals surface area contributed by atoms with E-state index in [4.69, 9.17) is 10.00 Å². The van der Waals surface area contributed by atoms with Gasteiger partial charge < -0.3 is 4.74 Å². The number of nitrogens with zero attached hydrogens (tertiary/aromatic N) is 1. The number of rotatable bonds is 3. The van der Waals surface area contributed by atoms with E-state index in [9.17, 15) is 0 Å². The zero-order chi connectivity index (χ0) is 11.4. The third-order valence-electron chi connectivity index (χ3n) is 2.01. The van der Waals surface area contributed by atoms with E-state index in [2.05, 4.69) is 22.0 Å². The van der Waals surface area contributed by atoms with Gasteiger partial charge in [-0.2, -0.15) is 5.26 Å². The number of ether oxygens (including phenoxy) is 1. The minimum absolute atomic E-state index is 0.503. The number of nitriles is 1. The van der Waals surface area contributed by atoms with Crippen molar-refractivity contribution < 1.29 is 4.74 Å². The first kappa shape index (κ1) is 11.2. The molecule has 0 radical (unpaired) electrons. The van der Waals surface area contributed by atoms with Crippen molar-refractivity contribution in [1.82, 2.24) is 0 Å². The maximum absolute atomic E-state index is 8.92. The number of thiophene rings is 1. The Balaban J connectivity index is 2.15. The van der Waals surface area contributed by atoms with E-state index in [0.29, 0.717) is 17.9 Å². The summed E-state index contributed by atoms with van der Waals surface area (Å²) in [6.07, 6.45) is 0. The van der Waals surface area contributed by atoms with Crippen LogP contribution >= 0.6 is 27.3 Å². The van der Waals surface area contributed by atoms with Gasteiger partial charge in [0.15, 0.2) is 0 Å². The Morgan fingerprint density at radius 1 is 1.38 bits per heavy atom. The molecule has 0 saturated heterocycles. The molecule has 0 aliphatic rings. The summed E-state index contributed by atoms with van der Waals surface area (Å²) in [5.41, 5.74) is 0.555. The number of halogens is 1. The summed E-state index contributed by atoms with van der Waals surface area (Å²) in [6, 6.07) is 11.5. The van der Waals surface area contributed by atoms with Crippen LogP contribution in [0.2, 0.25) is 0 Å². The van der Waals surface area contributed by atoms with Crippen molar-refractivity contribution in [1.29, 1.82) is 5.26 Å². The average Bonchev–Trinajstić information content (AvgIpc) is 2.79. The minimum atomic E-state index is 0.503. The van der Waals surface area contributed by atoms with Gasteiger partial charge in [0.25, 0.3) is 0 Å². The van der Waals surface area contributed by atoms with Gasteiger partial charge in [-0.25, -0.2) is 0 Å². The van der Waals surface area contributed by atoms with Gasteiger partial charge in [0.2, 0.25) is 0 Å². The van der Waals surface area contributed by atoms with E-state index in [0.717, 1.165) is 9.35 Å². The fourth-order valence-electron chi connectivity index (χ4n) is 1.25. The molecule has 1 heterocycles. The first-order chi connectivity index (χ1) is 7.79. The largest absolute Gasteiger partial charge is 0.487 e. The molecule has 0 bridgehead atoms. The zero-order valence-electron chi connectivity index (χ0n) is 8.31. The Labute approximate surface area is 106 Å². The molecule has 0 spiro atoms. The van der Waals surface area contributed by atoms with E-state index in [1.54, 1.807) is 17.4 Å². The molecule has 1 aromatic carbocycles. The van der Waals surface area contributed by atoms with Crippen LogP contribution in [0.25, 0.3) is 0 Å². The van der Waals surface area contributed by atoms with E-state index in [-0.39, 0.29) is 0 Å². The molecule has 16 heavy (non-hydrogen) atoms. The molecule has 2 rings (SSSR count). The normalized spacial score (nSPS) is 9.75. The van der Waals surface area contributed by atoms with Gasteiger partial charge >= 0.3 is 0 Å². The lowest BCUT2D eigenvalue weighted by Gasteiger charge is -2.06. The second-order valence-electron chi connectivity index (χ2n) is 3.12. The van der Waals surface area contributed by atoms with E-state index >= 15 is 0 Å². The van der Waals surface area contributed by atoms with Crippen molar-refractivity contribution in [2.75, 3.05) is 0 Å². The summed E-state index contributed by atoms with van der Waals surface area (Å²) in [5, 5.41) is 10.9. The monoisotopic (exact) mass is 293 g/mol. The summed E-state index contributed by atoms with van der Waals surface area (Å²) in [5.74, 6) is 0.616. The van der Waals surface area contributed by atoms with Crippen LogP contribution in [0.1, 0.15) is 10.4 Å². The van der Waals surface area contributed by atoms with Crippen LogP contribution in [0, 0.1) is 11.3 Å². The molecule has 0 aliphatic heterocycles. The fourth-order valence-corrected chi connectivity index (χ4v) is 2.21. The Kier molecular flexibility index (Phi) is 3.60. The minimum Gasteiger partial charge on any atom is -0.487 e. The van der Waals surface area contributed by atoms with Gasteiger partial charge in [-0.3, -0.25) is 0 Å². The Bertz CT molecular complexity index is 516. The fraction of sp³-hybridized carbons (Fsp3) is 0.0833. The highest BCUT2D eigenvalue weighted by molar-refractivity contribution is 9.10. The van der Waals surface area contributed by atoms with Gasteiger partial charge in [0.1, 0.15) is 18.4 Å². The Morgan fingerprint density at radius 3 is 2.94 bits per heavy atom. The lowest BCUT2D eigenvalue weighted by molar-refractivity contribution is 0.308. The molecule has 2 aromatic rings. The first-order valence-corrected chi connectivity index (χ1v) is 6.31. The first-order valence-electron chi connectivity index (χ1n) is 4.64. The van der Waals surface area contributed by atoms with Crippen molar-refractivity contribution in [2.24, 2.45) is 0 Å². The highest BCUT2D eigenvalue weighted by Crippen LogP contribution is 2.24. The molecule has 0 saturated carbocycles. The van der Waals surface area contributed by atoms with Crippen LogP contribution in [0.3, 0.4) is 0 Å². The van der Waals surface area contributed by atoms with Crippen LogP contribution in [-0.2, 0) is 6.61 Å². The quantitative estimate of drug-likeness (QED) is 0.858. The van der Waals surface area contributed by atoms with Gasteiger partial charge in [-0.15, -0.1) is 11.3 Å². The average molecular weight is 294 g/mol. The molecule has 0 unspecified atom stereocenters. The second-order valence-corrected chi connectivity index (χ2v) is 5.07. The number of hydrogen-bond donors (Lipinski definition) is 0. The summed E-state index contributed by atoms with van der Waals surface area (Å²) >= 11 is 5.00. The second kappa shape index (κ2) is 5.15. The van der Waals surface area contributed by atoms with Gasteiger partial charge in [0.05, 0.1) is 5.56 Å². The van der Waals surface area contributed by atoms with Crippen molar-refractivity contribution >= 4 is 27.3 Å². The molecule has 4 heteroatoms. The number of hydrogen-bond acceptors (Lipinski definition) is 3. The van der Waals surface area contributed by atoms with Crippen LogP contribution in [0.4, 0.5) is 0 Å². The van der Waals surface area contributed by atoms with Crippen LogP contribution in [0.5, 0.6) is 5.75 Å².